The molecule has 14 heavy (non-hydrogen) atoms. The first-order valence-electron chi connectivity index (χ1n) is 4.10. The van der Waals surface area contributed by atoms with Crippen LogP contribution in [0.4, 0.5) is 0 Å². The normalized spacial score (nSPS) is 12.5. The number of nitrogens with two attached hydrogens (primary N) is 1. The molecule has 0 unspecified atom stereocenters. The third kappa shape index (κ3) is 2.97. The summed E-state index contributed by atoms with van der Waals surface area (Å²) in [5.41, 5.74) is 6.93. The molecule has 1 rings (SSSR count). The molecule has 1 heterocycles. The summed E-state index contributed by atoms with van der Waals surface area (Å²) < 4.78 is 0. The van der Waals surface area contributed by atoms with Crippen molar-refractivity contribution in [2.75, 3.05) is 0 Å². The van der Waals surface area contributed by atoms with E-state index in [2.05, 4.69) is 4.98 Å². The fraction of sp³-hybridized carbons (Fsp3) is 0.333. The number of nitrogens with zero attached hydrogens (tertiary/aromatic N) is 1. The highest BCUT2D eigenvalue weighted by molar-refractivity contribution is 6.29. The number of aryl methyl sites for hydroxylation is 1. The van der Waals surface area contributed by atoms with Crippen LogP contribution in [0.15, 0.2) is 12.1 Å². The third-order valence-electron chi connectivity index (χ3n) is 1.75. The van der Waals surface area contributed by atoms with Crippen molar-refractivity contribution in [2.24, 2.45) is 5.73 Å². The van der Waals surface area contributed by atoms with Gasteiger partial charge in [-0.3, -0.25) is 4.79 Å². The Kier molecular flexibility index (Phi) is 3.43. The molecule has 4 nitrogen and oxygen atoms in total. The highest BCUT2D eigenvalue weighted by atomic mass is 35.5. The molecule has 0 saturated heterocycles. The fourth-order valence-electron chi connectivity index (χ4n) is 1.16. The van der Waals surface area contributed by atoms with Gasteiger partial charge < -0.3 is 10.8 Å². The van der Waals surface area contributed by atoms with Crippen LogP contribution in [0.25, 0.3) is 0 Å². The lowest BCUT2D eigenvalue weighted by Gasteiger charge is -2.07. The summed E-state index contributed by atoms with van der Waals surface area (Å²) >= 11 is 5.71. The maximum atomic E-state index is 10.5. The van der Waals surface area contributed by atoms with Gasteiger partial charge in [-0.25, -0.2) is 4.98 Å². The van der Waals surface area contributed by atoms with Crippen LogP contribution < -0.4 is 5.73 Å². The molecule has 0 radical (unpaired) electrons. The molecule has 1 atom stereocenters. The Labute approximate surface area is 86.7 Å². The van der Waals surface area contributed by atoms with Crippen LogP contribution in [-0.4, -0.2) is 22.1 Å². The molecule has 0 aliphatic rings. The fourth-order valence-corrected chi connectivity index (χ4v) is 1.43. The molecular formula is C9H11ClN2O2. The van der Waals surface area contributed by atoms with E-state index in [1.165, 1.54) is 0 Å². The van der Waals surface area contributed by atoms with Gasteiger partial charge in [-0.05, 0) is 31.0 Å². The van der Waals surface area contributed by atoms with E-state index in [9.17, 15) is 4.79 Å². The number of carboxylic acid groups (broad SMARTS) is 1. The summed E-state index contributed by atoms with van der Waals surface area (Å²) in [6, 6.07) is 2.50. The van der Waals surface area contributed by atoms with E-state index in [0.717, 1.165) is 11.3 Å². The van der Waals surface area contributed by atoms with Crippen LogP contribution in [0.2, 0.25) is 5.15 Å². The summed E-state index contributed by atoms with van der Waals surface area (Å²) in [5.74, 6) is -1.02. The number of rotatable bonds is 3. The van der Waals surface area contributed by atoms with Gasteiger partial charge in [-0.15, -0.1) is 0 Å². The van der Waals surface area contributed by atoms with Gasteiger partial charge in [0.25, 0.3) is 0 Å². The lowest BCUT2D eigenvalue weighted by Crippen LogP contribution is -2.32. The van der Waals surface area contributed by atoms with E-state index in [1.54, 1.807) is 19.1 Å². The highest BCUT2D eigenvalue weighted by Gasteiger charge is 2.12. The zero-order chi connectivity index (χ0) is 10.7. The highest BCUT2D eigenvalue weighted by Crippen LogP contribution is 2.11. The number of carboxylic acids is 1. The van der Waals surface area contributed by atoms with Gasteiger partial charge in [-0.2, -0.15) is 0 Å². The van der Waals surface area contributed by atoms with Gasteiger partial charge in [0.2, 0.25) is 0 Å². The standard InChI is InChI=1S/C9H11ClN2O2/c1-5-2-6(4-8(10)12-5)3-7(11)9(13)14/h2,4,7H,3,11H2,1H3,(H,13,14)/t7-/m1/s1. The molecule has 0 aliphatic heterocycles. The zero-order valence-electron chi connectivity index (χ0n) is 7.70. The van der Waals surface area contributed by atoms with Crippen molar-refractivity contribution in [3.63, 3.8) is 0 Å². The first-order chi connectivity index (χ1) is 6.49. The minimum Gasteiger partial charge on any atom is -0.480 e. The average molecular weight is 215 g/mol. The van der Waals surface area contributed by atoms with Crippen molar-refractivity contribution < 1.29 is 9.90 Å². The van der Waals surface area contributed by atoms with E-state index in [1.807, 2.05) is 0 Å². The van der Waals surface area contributed by atoms with Gasteiger partial charge in [0.1, 0.15) is 11.2 Å². The van der Waals surface area contributed by atoms with Crippen LogP contribution in [0.1, 0.15) is 11.3 Å². The van der Waals surface area contributed by atoms with E-state index in [4.69, 9.17) is 22.4 Å². The second-order valence-corrected chi connectivity index (χ2v) is 3.48. The van der Waals surface area contributed by atoms with Crippen molar-refractivity contribution in [1.29, 1.82) is 0 Å². The molecule has 0 spiro atoms. The van der Waals surface area contributed by atoms with E-state index >= 15 is 0 Å². The minimum absolute atomic E-state index is 0.262. The molecule has 0 bridgehead atoms. The average Bonchev–Trinajstić information content (AvgIpc) is 2.01. The number of halogens is 1. The predicted octanol–water partition coefficient (Wildman–Crippen LogP) is 0.998. The molecule has 5 heteroatoms. The van der Waals surface area contributed by atoms with Gasteiger partial charge in [0, 0.05) is 5.69 Å². The third-order valence-corrected chi connectivity index (χ3v) is 1.95. The molecule has 0 fully saturated rings. The van der Waals surface area contributed by atoms with E-state index in [-0.39, 0.29) is 6.42 Å². The van der Waals surface area contributed by atoms with Crippen LogP contribution in [-0.2, 0) is 11.2 Å². The second kappa shape index (κ2) is 4.39. The Bertz CT molecular complexity index is 334. The molecule has 1 aromatic rings. The van der Waals surface area contributed by atoms with Crippen molar-refractivity contribution in [3.8, 4) is 0 Å². The Morgan fingerprint density at radius 2 is 2.36 bits per heavy atom. The SMILES string of the molecule is Cc1cc(C[C@@H](N)C(=O)O)cc(Cl)n1. The van der Waals surface area contributed by atoms with E-state index < -0.39 is 12.0 Å². The number of hydrogen-bond acceptors (Lipinski definition) is 3. The molecule has 76 valence electrons. The van der Waals surface area contributed by atoms with Gasteiger partial charge in [0.15, 0.2) is 0 Å². The molecule has 0 amide bonds. The maximum Gasteiger partial charge on any atom is 0.320 e. The van der Waals surface area contributed by atoms with Crippen molar-refractivity contribution >= 4 is 17.6 Å². The molecular weight excluding hydrogens is 204 g/mol. The maximum absolute atomic E-state index is 10.5. The number of aromatic nitrogens is 1. The molecule has 0 aromatic carbocycles. The lowest BCUT2D eigenvalue weighted by molar-refractivity contribution is -0.138. The minimum atomic E-state index is -1.02. The topological polar surface area (TPSA) is 76.2 Å². The number of hydrogen-bond donors (Lipinski definition) is 2. The van der Waals surface area contributed by atoms with Gasteiger partial charge in [-0.1, -0.05) is 11.6 Å². The summed E-state index contributed by atoms with van der Waals surface area (Å²) in [7, 11) is 0. The van der Waals surface area contributed by atoms with Crippen LogP contribution in [0, 0.1) is 6.92 Å². The number of aliphatic carboxylic acids is 1. The Morgan fingerprint density at radius 3 is 2.86 bits per heavy atom. The Morgan fingerprint density at radius 1 is 1.71 bits per heavy atom. The van der Waals surface area contributed by atoms with Gasteiger partial charge >= 0.3 is 5.97 Å². The van der Waals surface area contributed by atoms with E-state index in [0.29, 0.717) is 5.15 Å². The number of carbonyl (C=O) groups is 1. The molecule has 0 saturated carbocycles. The monoisotopic (exact) mass is 214 g/mol. The van der Waals surface area contributed by atoms with Crippen molar-refractivity contribution in [2.45, 2.75) is 19.4 Å². The molecule has 3 N–H and O–H groups in total. The Balaban J connectivity index is 2.81. The number of pyridine rings is 1. The molecule has 1 aromatic heterocycles. The summed E-state index contributed by atoms with van der Waals surface area (Å²) in [5, 5.41) is 8.97. The van der Waals surface area contributed by atoms with Crippen molar-refractivity contribution in [1.82, 2.24) is 4.98 Å². The van der Waals surface area contributed by atoms with Crippen LogP contribution in [0.5, 0.6) is 0 Å². The first kappa shape index (κ1) is 10.9. The van der Waals surface area contributed by atoms with Crippen LogP contribution in [0.3, 0.4) is 0 Å². The molecule has 0 aliphatic carbocycles. The largest absolute Gasteiger partial charge is 0.480 e. The van der Waals surface area contributed by atoms with Crippen LogP contribution >= 0.6 is 11.6 Å². The smallest absolute Gasteiger partial charge is 0.320 e. The zero-order valence-corrected chi connectivity index (χ0v) is 8.45. The lowest BCUT2D eigenvalue weighted by atomic mass is 10.1. The van der Waals surface area contributed by atoms with Gasteiger partial charge in [0.05, 0.1) is 0 Å². The second-order valence-electron chi connectivity index (χ2n) is 3.09. The van der Waals surface area contributed by atoms with Crippen molar-refractivity contribution in [3.05, 3.63) is 28.5 Å². The quantitative estimate of drug-likeness (QED) is 0.736. The summed E-state index contributed by atoms with van der Waals surface area (Å²) in [6.07, 6.45) is 0.262. The Hall–Kier alpha value is -1.13. The summed E-state index contributed by atoms with van der Waals surface area (Å²) in [4.78, 5) is 14.5. The predicted molar refractivity (Wildman–Crippen MR) is 53.3 cm³/mol. The summed E-state index contributed by atoms with van der Waals surface area (Å²) in [6.45, 7) is 1.79. The first-order valence-corrected chi connectivity index (χ1v) is 4.48.